The van der Waals surface area contributed by atoms with Crippen LogP contribution in [0.2, 0.25) is 5.02 Å². The molecule has 0 fully saturated rings. The van der Waals surface area contributed by atoms with E-state index in [4.69, 9.17) is 23.1 Å². The van der Waals surface area contributed by atoms with Crippen LogP contribution in [-0.2, 0) is 4.79 Å². The molecule has 1 aromatic rings. The quantitative estimate of drug-likeness (QED) is 0.719. The van der Waals surface area contributed by atoms with Crippen LogP contribution in [0.25, 0.3) is 0 Å². The van der Waals surface area contributed by atoms with Gasteiger partial charge in [0, 0.05) is 17.6 Å². The predicted molar refractivity (Wildman–Crippen MR) is 71.2 cm³/mol. The number of primary amides is 1. The van der Waals surface area contributed by atoms with E-state index in [-0.39, 0.29) is 12.0 Å². The number of nitrogen functional groups attached to an aromatic ring is 1. The Kier molecular flexibility index (Phi) is 4.19. The summed E-state index contributed by atoms with van der Waals surface area (Å²) >= 11 is 5.92. The zero-order valence-electron chi connectivity index (χ0n) is 10.3. The standard InChI is InChI=1S/C12H16ClN3O2/c1-12(2,6-10(15)17)16-11(18)8-5-7(14)3-4-9(8)13/h3-5H,6,14H2,1-2H3,(H2,15,17)(H,16,18). The molecule has 2 amide bonds. The fourth-order valence-electron chi connectivity index (χ4n) is 1.57. The number of hydrogen-bond donors (Lipinski definition) is 3. The second-order valence-electron chi connectivity index (χ2n) is 4.72. The largest absolute Gasteiger partial charge is 0.399 e. The van der Waals surface area contributed by atoms with E-state index in [2.05, 4.69) is 5.32 Å². The van der Waals surface area contributed by atoms with Crippen LogP contribution in [0.3, 0.4) is 0 Å². The van der Waals surface area contributed by atoms with Crippen LogP contribution >= 0.6 is 11.6 Å². The Morgan fingerprint density at radius 1 is 1.39 bits per heavy atom. The minimum Gasteiger partial charge on any atom is -0.399 e. The summed E-state index contributed by atoms with van der Waals surface area (Å²) in [5.41, 5.74) is 10.7. The molecule has 0 aliphatic heterocycles. The molecule has 1 rings (SSSR count). The maximum absolute atomic E-state index is 12.0. The van der Waals surface area contributed by atoms with E-state index in [1.807, 2.05) is 0 Å². The number of carbonyl (C=O) groups is 2. The highest BCUT2D eigenvalue weighted by Crippen LogP contribution is 2.20. The van der Waals surface area contributed by atoms with Crippen LogP contribution in [0.5, 0.6) is 0 Å². The van der Waals surface area contributed by atoms with Crippen molar-refractivity contribution >= 4 is 29.1 Å². The van der Waals surface area contributed by atoms with Gasteiger partial charge in [-0.25, -0.2) is 0 Å². The highest BCUT2D eigenvalue weighted by Gasteiger charge is 2.24. The molecule has 0 atom stereocenters. The molecule has 0 unspecified atom stereocenters. The lowest BCUT2D eigenvalue weighted by Gasteiger charge is -2.25. The topological polar surface area (TPSA) is 98.2 Å². The van der Waals surface area contributed by atoms with Crippen molar-refractivity contribution in [2.24, 2.45) is 5.73 Å². The molecule has 98 valence electrons. The average Bonchev–Trinajstić information content (AvgIpc) is 2.18. The fraction of sp³-hybridized carbons (Fsp3) is 0.333. The van der Waals surface area contributed by atoms with E-state index < -0.39 is 17.4 Å². The van der Waals surface area contributed by atoms with Gasteiger partial charge in [0.2, 0.25) is 5.91 Å². The van der Waals surface area contributed by atoms with Gasteiger partial charge in [0.25, 0.3) is 5.91 Å². The summed E-state index contributed by atoms with van der Waals surface area (Å²) in [5.74, 6) is -0.877. The monoisotopic (exact) mass is 269 g/mol. The molecule has 0 heterocycles. The molecular formula is C12H16ClN3O2. The highest BCUT2D eigenvalue weighted by atomic mass is 35.5. The zero-order valence-corrected chi connectivity index (χ0v) is 11.0. The lowest BCUT2D eigenvalue weighted by atomic mass is 9.99. The molecule has 5 N–H and O–H groups in total. The van der Waals surface area contributed by atoms with E-state index in [0.29, 0.717) is 10.7 Å². The van der Waals surface area contributed by atoms with E-state index in [1.165, 1.54) is 6.07 Å². The lowest BCUT2D eigenvalue weighted by Crippen LogP contribution is -2.46. The summed E-state index contributed by atoms with van der Waals surface area (Å²) in [7, 11) is 0. The second-order valence-corrected chi connectivity index (χ2v) is 5.13. The van der Waals surface area contributed by atoms with Gasteiger partial charge in [0.15, 0.2) is 0 Å². The molecular weight excluding hydrogens is 254 g/mol. The summed E-state index contributed by atoms with van der Waals surface area (Å²) in [5, 5.41) is 2.99. The van der Waals surface area contributed by atoms with Crippen LogP contribution in [0.1, 0.15) is 30.6 Å². The van der Waals surface area contributed by atoms with Crippen molar-refractivity contribution in [2.75, 3.05) is 5.73 Å². The van der Waals surface area contributed by atoms with Crippen molar-refractivity contribution in [3.63, 3.8) is 0 Å². The van der Waals surface area contributed by atoms with Gasteiger partial charge in [0.05, 0.1) is 10.6 Å². The SMILES string of the molecule is CC(C)(CC(N)=O)NC(=O)c1cc(N)ccc1Cl. The maximum atomic E-state index is 12.0. The minimum absolute atomic E-state index is 0.0404. The first-order chi connectivity index (χ1) is 8.21. The molecule has 0 aliphatic rings. The van der Waals surface area contributed by atoms with Gasteiger partial charge in [-0.05, 0) is 32.0 Å². The van der Waals surface area contributed by atoms with Crippen molar-refractivity contribution in [3.8, 4) is 0 Å². The van der Waals surface area contributed by atoms with Gasteiger partial charge in [0.1, 0.15) is 0 Å². The molecule has 1 aromatic carbocycles. The molecule has 0 saturated heterocycles. The Bertz CT molecular complexity index is 486. The smallest absolute Gasteiger partial charge is 0.253 e. The Hall–Kier alpha value is -1.75. The molecule has 0 aliphatic carbocycles. The Morgan fingerprint density at radius 2 is 2.00 bits per heavy atom. The number of rotatable bonds is 4. The number of amides is 2. The number of hydrogen-bond acceptors (Lipinski definition) is 3. The number of nitrogens with two attached hydrogens (primary N) is 2. The molecule has 0 bridgehead atoms. The third-order valence-electron chi connectivity index (χ3n) is 2.30. The van der Waals surface area contributed by atoms with E-state index in [9.17, 15) is 9.59 Å². The maximum Gasteiger partial charge on any atom is 0.253 e. The lowest BCUT2D eigenvalue weighted by molar-refractivity contribution is -0.119. The first kappa shape index (κ1) is 14.3. The number of benzene rings is 1. The third-order valence-corrected chi connectivity index (χ3v) is 2.63. The molecule has 0 spiro atoms. The molecule has 18 heavy (non-hydrogen) atoms. The average molecular weight is 270 g/mol. The van der Waals surface area contributed by atoms with Crippen molar-refractivity contribution < 1.29 is 9.59 Å². The molecule has 0 aromatic heterocycles. The molecule has 0 radical (unpaired) electrons. The first-order valence-corrected chi connectivity index (χ1v) is 5.75. The predicted octanol–water partition coefficient (Wildman–Crippen LogP) is 1.31. The molecule has 5 nitrogen and oxygen atoms in total. The Labute approximate surface area is 110 Å². The van der Waals surface area contributed by atoms with Crippen molar-refractivity contribution in [3.05, 3.63) is 28.8 Å². The van der Waals surface area contributed by atoms with Crippen molar-refractivity contribution in [1.29, 1.82) is 0 Å². The third kappa shape index (κ3) is 3.92. The summed E-state index contributed by atoms with van der Waals surface area (Å²) in [6, 6.07) is 4.64. The van der Waals surface area contributed by atoms with Crippen molar-refractivity contribution in [1.82, 2.24) is 5.32 Å². The van der Waals surface area contributed by atoms with Gasteiger partial charge < -0.3 is 16.8 Å². The number of anilines is 1. The summed E-state index contributed by atoms with van der Waals surface area (Å²) in [6.07, 6.45) is 0.0404. The molecule has 0 saturated carbocycles. The highest BCUT2D eigenvalue weighted by molar-refractivity contribution is 6.34. The zero-order chi connectivity index (χ0) is 13.9. The van der Waals surface area contributed by atoms with Crippen LogP contribution in [-0.4, -0.2) is 17.4 Å². The van der Waals surface area contributed by atoms with Crippen LogP contribution in [0.15, 0.2) is 18.2 Å². The fourth-order valence-corrected chi connectivity index (χ4v) is 1.77. The second kappa shape index (κ2) is 5.27. The number of nitrogens with one attached hydrogen (secondary N) is 1. The molecule has 6 heteroatoms. The summed E-state index contributed by atoms with van der Waals surface area (Å²) < 4.78 is 0. The van der Waals surface area contributed by atoms with Gasteiger partial charge in [-0.15, -0.1) is 0 Å². The van der Waals surface area contributed by atoms with E-state index in [1.54, 1.807) is 26.0 Å². The van der Waals surface area contributed by atoms with Crippen molar-refractivity contribution in [2.45, 2.75) is 25.8 Å². The van der Waals surface area contributed by atoms with Gasteiger partial charge in [-0.3, -0.25) is 9.59 Å². The van der Waals surface area contributed by atoms with Gasteiger partial charge in [-0.1, -0.05) is 11.6 Å². The minimum atomic E-state index is -0.739. The van der Waals surface area contributed by atoms with E-state index >= 15 is 0 Å². The van der Waals surface area contributed by atoms with Crippen LogP contribution in [0, 0.1) is 0 Å². The summed E-state index contributed by atoms with van der Waals surface area (Å²) in [6.45, 7) is 3.41. The summed E-state index contributed by atoms with van der Waals surface area (Å²) in [4.78, 5) is 22.9. The van der Waals surface area contributed by atoms with Crippen LogP contribution in [0.4, 0.5) is 5.69 Å². The van der Waals surface area contributed by atoms with Crippen LogP contribution < -0.4 is 16.8 Å². The number of carbonyl (C=O) groups excluding carboxylic acids is 2. The Morgan fingerprint density at radius 3 is 2.56 bits per heavy atom. The normalized spacial score (nSPS) is 11.1. The van der Waals surface area contributed by atoms with E-state index in [0.717, 1.165) is 0 Å². The number of halogens is 1. The first-order valence-electron chi connectivity index (χ1n) is 5.37. The van der Waals surface area contributed by atoms with Gasteiger partial charge >= 0.3 is 0 Å². The van der Waals surface area contributed by atoms with Gasteiger partial charge in [-0.2, -0.15) is 0 Å². The Balaban J connectivity index is 2.88.